The minimum Gasteiger partial charge on any atom is -0.353 e. The van der Waals surface area contributed by atoms with Gasteiger partial charge >= 0.3 is 0 Å². The van der Waals surface area contributed by atoms with Gasteiger partial charge in [0.05, 0.1) is 10.0 Å². The van der Waals surface area contributed by atoms with Crippen LogP contribution in [0.4, 0.5) is 0 Å². The highest BCUT2D eigenvalue weighted by Crippen LogP contribution is 2.25. The monoisotopic (exact) mass is 382 g/mol. The second kappa shape index (κ2) is 8.41. The van der Waals surface area contributed by atoms with Crippen LogP contribution < -0.4 is 5.32 Å². The Morgan fingerprint density at radius 1 is 0.960 bits per heavy atom. The third-order valence-electron chi connectivity index (χ3n) is 5.27. The molecule has 25 heavy (non-hydrogen) atoms. The number of piperidine rings is 1. The van der Waals surface area contributed by atoms with Gasteiger partial charge < -0.3 is 10.2 Å². The lowest BCUT2D eigenvalue weighted by Crippen LogP contribution is -2.45. The molecule has 2 amide bonds. The van der Waals surface area contributed by atoms with Crippen LogP contribution in [-0.2, 0) is 4.79 Å². The average molecular weight is 383 g/mol. The molecule has 136 valence electrons. The van der Waals surface area contributed by atoms with Crippen molar-refractivity contribution < 1.29 is 9.59 Å². The first kappa shape index (κ1) is 18.5. The van der Waals surface area contributed by atoms with Crippen molar-refractivity contribution in [2.24, 2.45) is 5.92 Å². The number of carbonyl (C=O) groups excluding carboxylic acids is 2. The van der Waals surface area contributed by atoms with E-state index in [1.165, 1.54) is 19.3 Å². The number of benzene rings is 1. The molecule has 1 aliphatic heterocycles. The molecule has 0 aromatic heterocycles. The lowest BCUT2D eigenvalue weighted by Gasteiger charge is -2.33. The van der Waals surface area contributed by atoms with Gasteiger partial charge in [-0.25, -0.2) is 0 Å². The van der Waals surface area contributed by atoms with Gasteiger partial charge in [-0.15, -0.1) is 0 Å². The average Bonchev–Trinajstić information content (AvgIpc) is 2.64. The number of nitrogens with zero attached hydrogens (tertiary/aromatic N) is 1. The van der Waals surface area contributed by atoms with E-state index in [1.807, 2.05) is 0 Å². The van der Waals surface area contributed by atoms with Crippen LogP contribution in [0, 0.1) is 5.92 Å². The lowest BCUT2D eigenvalue weighted by atomic mass is 9.92. The van der Waals surface area contributed by atoms with Crippen LogP contribution in [-0.4, -0.2) is 35.8 Å². The fraction of sp³-hybridized carbons (Fsp3) is 0.579. The Kier molecular flexibility index (Phi) is 6.24. The first-order valence-electron chi connectivity index (χ1n) is 9.09. The molecule has 0 unspecified atom stereocenters. The lowest BCUT2D eigenvalue weighted by molar-refractivity contribution is -0.127. The van der Waals surface area contributed by atoms with Crippen LogP contribution in [0.3, 0.4) is 0 Å². The minimum absolute atomic E-state index is 0.0137. The zero-order chi connectivity index (χ0) is 17.8. The molecule has 1 saturated carbocycles. The number of rotatable bonds is 3. The van der Waals surface area contributed by atoms with Crippen molar-refractivity contribution in [2.75, 3.05) is 13.1 Å². The fourth-order valence-corrected chi connectivity index (χ4v) is 4.02. The summed E-state index contributed by atoms with van der Waals surface area (Å²) >= 11 is 11.9. The van der Waals surface area contributed by atoms with E-state index in [2.05, 4.69) is 5.32 Å². The number of nitrogens with one attached hydrogen (secondary N) is 1. The Balaban J connectivity index is 1.51. The van der Waals surface area contributed by atoms with Crippen molar-refractivity contribution in [2.45, 2.75) is 51.0 Å². The van der Waals surface area contributed by atoms with Crippen molar-refractivity contribution in [1.29, 1.82) is 0 Å². The van der Waals surface area contributed by atoms with E-state index < -0.39 is 0 Å². The maximum absolute atomic E-state index is 12.6. The van der Waals surface area contributed by atoms with Gasteiger partial charge in [-0.2, -0.15) is 0 Å². The Morgan fingerprint density at radius 2 is 1.64 bits per heavy atom. The van der Waals surface area contributed by atoms with Gasteiger partial charge in [-0.05, 0) is 43.9 Å². The number of hydrogen-bond acceptors (Lipinski definition) is 2. The quantitative estimate of drug-likeness (QED) is 0.846. The summed E-state index contributed by atoms with van der Waals surface area (Å²) in [7, 11) is 0. The summed E-state index contributed by atoms with van der Waals surface area (Å²) in [5.74, 6) is 0.123. The smallest absolute Gasteiger partial charge is 0.253 e. The van der Waals surface area contributed by atoms with Crippen LogP contribution in [0.15, 0.2) is 18.2 Å². The predicted molar refractivity (Wildman–Crippen MR) is 100 cm³/mol. The zero-order valence-corrected chi connectivity index (χ0v) is 15.8. The minimum atomic E-state index is -0.0512. The number of halogens is 2. The van der Waals surface area contributed by atoms with Gasteiger partial charge in [0.1, 0.15) is 0 Å². The van der Waals surface area contributed by atoms with Gasteiger partial charge in [-0.1, -0.05) is 42.5 Å². The highest BCUT2D eigenvalue weighted by Gasteiger charge is 2.29. The van der Waals surface area contributed by atoms with Crippen LogP contribution in [0.2, 0.25) is 10.0 Å². The van der Waals surface area contributed by atoms with Gasteiger partial charge in [0.2, 0.25) is 5.91 Å². The summed E-state index contributed by atoms with van der Waals surface area (Å²) < 4.78 is 0. The summed E-state index contributed by atoms with van der Waals surface area (Å²) in [6, 6.07) is 5.28. The largest absolute Gasteiger partial charge is 0.353 e. The van der Waals surface area contributed by atoms with Crippen molar-refractivity contribution >= 4 is 35.0 Å². The summed E-state index contributed by atoms with van der Waals surface area (Å²) in [6.45, 7) is 1.20. The first-order chi connectivity index (χ1) is 12.0. The van der Waals surface area contributed by atoms with Gasteiger partial charge in [-0.3, -0.25) is 9.59 Å². The van der Waals surface area contributed by atoms with E-state index >= 15 is 0 Å². The maximum atomic E-state index is 12.6. The van der Waals surface area contributed by atoms with Crippen molar-refractivity contribution in [3.63, 3.8) is 0 Å². The van der Waals surface area contributed by atoms with E-state index in [0.29, 0.717) is 47.6 Å². The number of likely N-dealkylation sites (tertiary alicyclic amines) is 1. The molecule has 0 bridgehead atoms. The summed E-state index contributed by atoms with van der Waals surface area (Å²) in [6.07, 6.45) is 7.32. The molecule has 1 aromatic carbocycles. The van der Waals surface area contributed by atoms with Gasteiger partial charge in [0.15, 0.2) is 0 Å². The molecule has 6 heteroatoms. The molecule has 1 heterocycles. The number of carbonyl (C=O) groups is 2. The van der Waals surface area contributed by atoms with Crippen LogP contribution in [0.25, 0.3) is 0 Å². The summed E-state index contributed by atoms with van der Waals surface area (Å²) in [5.41, 5.74) is 0.541. The third kappa shape index (κ3) is 4.68. The standard InChI is InChI=1S/C19H24Cl2N2O2/c20-16-7-6-14(12-17(16)21)19(25)23-10-8-13(9-11-23)18(24)22-15-4-2-1-3-5-15/h6-7,12-13,15H,1-5,8-11H2,(H,22,24). The van der Waals surface area contributed by atoms with Crippen LogP contribution in [0.5, 0.6) is 0 Å². The van der Waals surface area contributed by atoms with E-state index in [1.54, 1.807) is 23.1 Å². The number of hydrogen-bond donors (Lipinski definition) is 1. The Morgan fingerprint density at radius 3 is 2.28 bits per heavy atom. The van der Waals surface area contributed by atoms with Gasteiger partial charge in [0.25, 0.3) is 5.91 Å². The van der Waals surface area contributed by atoms with Crippen molar-refractivity contribution in [3.05, 3.63) is 33.8 Å². The van der Waals surface area contributed by atoms with Crippen molar-refractivity contribution in [1.82, 2.24) is 10.2 Å². The maximum Gasteiger partial charge on any atom is 0.253 e. The highest BCUT2D eigenvalue weighted by atomic mass is 35.5. The van der Waals surface area contributed by atoms with Crippen LogP contribution >= 0.6 is 23.2 Å². The number of amides is 2. The molecule has 0 spiro atoms. The van der Waals surface area contributed by atoms with E-state index in [-0.39, 0.29) is 17.7 Å². The summed E-state index contributed by atoms with van der Waals surface area (Å²) in [5, 5.41) is 4.03. The fourth-order valence-electron chi connectivity index (χ4n) is 3.72. The molecular weight excluding hydrogens is 359 g/mol. The molecule has 3 rings (SSSR count). The molecule has 4 nitrogen and oxygen atoms in total. The second-order valence-electron chi connectivity index (χ2n) is 7.04. The third-order valence-corrected chi connectivity index (χ3v) is 6.01. The van der Waals surface area contributed by atoms with E-state index in [9.17, 15) is 9.59 Å². The molecule has 1 N–H and O–H groups in total. The molecule has 1 aromatic rings. The molecule has 2 aliphatic rings. The molecule has 0 radical (unpaired) electrons. The zero-order valence-electron chi connectivity index (χ0n) is 14.3. The molecule has 0 atom stereocenters. The first-order valence-corrected chi connectivity index (χ1v) is 9.85. The normalized spacial score (nSPS) is 19.7. The molecule has 2 fully saturated rings. The molecular formula is C19H24Cl2N2O2. The molecule has 1 aliphatic carbocycles. The predicted octanol–water partition coefficient (Wildman–Crippen LogP) is 4.29. The Hall–Kier alpha value is -1.26. The Labute approximate surface area is 158 Å². The van der Waals surface area contributed by atoms with Crippen LogP contribution in [0.1, 0.15) is 55.3 Å². The highest BCUT2D eigenvalue weighted by molar-refractivity contribution is 6.42. The summed E-state index contributed by atoms with van der Waals surface area (Å²) in [4.78, 5) is 26.8. The van der Waals surface area contributed by atoms with Gasteiger partial charge in [0, 0.05) is 30.6 Å². The SMILES string of the molecule is O=C(NC1CCCCC1)C1CCN(C(=O)c2ccc(Cl)c(Cl)c2)CC1. The topological polar surface area (TPSA) is 49.4 Å². The second-order valence-corrected chi connectivity index (χ2v) is 7.85. The Bertz CT molecular complexity index is 636. The molecule has 1 saturated heterocycles. The van der Waals surface area contributed by atoms with E-state index in [4.69, 9.17) is 23.2 Å². The van der Waals surface area contributed by atoms with Crippen molar-refractivity contribution in [3.8, 4) is 0 Å². The van der Waals surface area contributed by atoms with E-state index in [0.717, 1.165) is 12.8 Å².